The molecular formula is C28H38N2O8. The second-order valence-electron chi connectivity index (χ2n) is 10.1. The van der Waals surface area contributed by atoms with Crippen molar-refractivity contribution in [3.63, 3.8) is 0 Å². The van der Waals surface area contributed by atoms with Crippen LogP contribution >= 0.6 is 0 Å². The van der Waals surface area contributed by atoms with Gasteiger partial charge in [0.2, 0.25) is 0 Å². The molecule has 0 aliphatic carbocycles. The number of carboxylic acids is 2. The van der Waals surface area contributed by atoms with E-state index in [9.17, 15) is 9.90 Å². The Bertz CT molecular complexity index is 1080. The van der Waals surface area contributed by atoms with E-state index in [2.05, 4.69) is 30.6 Å². The number of aliphatic carboxylic acids is 2. The van der Waals surface area contributed by atoms with Crippen LogP contribution in [0.1, 0.15) is 43.6 Å². The number of nitrogens with zero attached hydrogens (tertiary/aromatic N) is 2. The maximum Gasteiger partial charge on any atom is 0.414 e. The molecule has 10 nitrogen and oxygen atoms in total. The fraction of sp³-hybridized carbons (Fsp3) is 0.464. The summed E-state index contributed by atoms with van der Waals surface area (Å²) in [5, 5.41) is 25.4. The van der Waals surface area contributed by atoms with Gasteiger partial charge in [0, 0.05) is 49.5 Å². The predicted octanol–water partition coefficient (Wildman–Crippen LogP) is 2.91. The summed E-state index contributed by atoms with van der Waals surface area (Å²) in [4.78, 5) is 34.2. The minimum Gasteiger partial charge on any atom is -0.497 e. The molecule has 1 aliphatic heterocycles. The Balaban J connectivity index is 0.000000757. The molecule has 1 fully saturated rings. The van der Waals surface area contributed by atoms with Gasteiger partial charge in [0.05, 0.1) is 7.11 Å². The van der Waals surface area contributed by atoms with Crippen LogP contribution in [0, 0.1) is 0 Å². The molecule has 1 unspecified atom stereocenters. The summed E-state index contributed by atoms with van der Waals surface area (Å²) in [7, 11) is 1.66. The number of β-amino-alcohol motifs (C(OH)–C–C–N with tert-alkyl or cyclic N) is 1. The van der Waals surface area contributed by atoms with Crippen LogP contribution in [0.3, 0.4) is 0 Å². The smallest absolute Gasteiger partial charge is 0.414 e. The molecule has 3 rings (SSSR count). The number of rotatable bonds is 8. The fourth-order valence-electron chi connectivity index (χ4n) is 3.98. The lowest BCUT2D eigenvalue weighted by Gasteiger charge is -2.37. The predicted molar refractivity (Wildman–Crippen MR) is 144 cm³/mol. The molecule has 0 bridgehead atoms. The van der Waals surface area contributed by atoms with Crippen molar-refractivity contribution < 1.29 is 39.2 Å². The Labute approximate surface area is 223 Å². The van der Waals surface area contributed by atoms with Gasteiger partial charge in [0.25, 0.3) is 0 Å². The summed E-state index contributed by atoms with van der Waals surface area (Å²) < 4.78 is 11.4. The summed E-state index contributed by atoms with van der Waals surface area (Å²) in [5.41, 5.74) is 2.84. The maximum absolute atomic E-state index is 11.5. The molecule has 38 heavy (non-hydrogen) atoms. The lowest BCUT2D eigenvalue weighted by molar-refractivity contribution is -0.159. The number of anilines is 1. The van der Waals surface area contributed by atoms with Crippen molar-refractivity contribution in [2.24, 2.45) is 0 Å². The normalized spacial score (nSPS) is 14.6. The third kappa shape index (κ3) is 9.35. The second-order valence-corrected chi connectivity index (χ2v) is 10.1. The molecule has 0 saturated carbocycles. The van der Waals surface area contributed by atoms with Gasteiger partial charge in [-0.25, -0.2) is 9.59 Å². The number of carboxylic acid groups (broad SMARTS) is 2. The molecular weight excluding hydrogens is 492 g/mol. The minimum atomic E-state index is -1.82. The third-order valence-corrected chi connectivity index (χ3v) is 6.09. The highest BCUT2D eigenvalue weighted by Crippen LogP contribution is 2.34. The topological polar surface area (TPSA) is 137 Å². The molecule has 0 spiro atoms. The lowest BCUT2D eigenvalue weighted by atomic mass is 9.86. The number of piperazine rings is 1. The number of methoxy groups -OCH3 is 1. The first-order valence-electron chi connectivity index (χ1n) is 12.4. The third-order valence-electron chi connectivity index (χ3n) is 6.09. The van der Waals surface area contributed by atoms with Crippen molar-refractivity contribution in [3.8, 4) is 11.5 Å². The van der Waals surface area contributed by atoms with E-state index in [0.717, 1.165) is 54.5 Å². The summed E-state index contributed by atoms with van der Waals surface area (Å²) in [5.74, 6) is -1.97. The number of benzene rings is 2. The number of hydrogen-bond donors (Lipinski definition) is 3. The zero-order valence-electron chi connectivity index (χ0n) is 22.6. The minimum absolute atomic E-state index is 0.0850. The van der Waals surface area contributed by atoms with Gasteiger partial charge in [-0.15, -0.1) is 0 Å². The molecule has 0 amide bonds. The van der Waals surface area contributed by atoms with Crippen molar-refractivity contribution >= 4 is 23.4 Å². The van der Waals surface area contributed by atoms with Crippen molar-refractivity contribution in [1.82, 2.24) is 4.90 Å². The first-order valence-corrected chi connectivity index (χ1v) is 12.4. The number of ketones is 1. The quantitative estimate of drug-likeness (QED) is 0.345. The number of aliphatic hydroxyl groups is 1. The van der Waals surface area contributed by atoms with Crippen LogP contribution < -0.4 is 14.4 Å². The van der Waals surface area contributed by atoms with Crippen molar-refractivity contribution in [2.45, 2.75) is 39.2 Å². The van der Waals surface area contributed by atoms with Gasteiger partial charge in [-0.3, -0.25) is 9.69 Å². The molecule has 1 saturated heterocycles. The molecule has 1 atom stereocenters. The largest absolute Gasteiger partial charge is 0.497 e. The van der Waals surface area contributed by atoms with Gasteiger partial charge in [0.1, 0.15) is 24.2 Å². The van der Waals surface area contributed by atoms with Crippen LogP contribution in [0.15, 0.2) is 42.5 Å². The molecule has 3 N–H and O–H groups in total. The molecule has 0 aromatic heterocycles. The van der Waals surface area contributed by atoms with E-state index in [1.54, 1.807) is 14.0 Å². The van der Waals surface area contributed by atoms with Crippen LogP contribution in [0.25, 0.3) is 0 Å². The highest BCUT2D eigenvalue weighted by atomic mass is 16.5. The number of carbonyl (C=O) groups excluding carboxylic acids is 1. The fourth-order valence-corrected chi connectivity index (χ4v) is 3.98. The van der Waals surface area contributed by atoms with Crippen LogP contribution in [0.2, 0.25) is 0 Å². The summed E-state index contributed by atoms with van der Waals surface area (Å²) in [6.45, 7) is 12.4. The standard InChI is InChI=1S/C26H36N2O4.C2H2O4/c1-19(29)20-6-8-21(9-7-20)28-14-12-27(13-15-28)17-22(30)18-32-25-11-10-23(31-5)16-24(25)26(2,3)4;3-1(4)2(5)6/h6-11,16,22,30H,12-15,17-18H2,1-5H3;(H,3,4)(H,5,6). The number of hydrogen-bond acceptors (Lipinski definition) is 8. The molecule has 0 radical (unpaired) electrons. The summed E-state index contributed by atoms with van der Waals surface area (Å²) in [6, 6.07) is 13.6. The maximum atomic E-state index is 11.5. The molecule has 1 aliphatic rings. The molecule has 2 aromatic rings. The van der Waals surface area contributed by atoms with Gasteiger partial charge < -0.3 is 29.7 Å². The number of aliphatic hydroxyl groups excluding tert-OH is 1. The second kappa shape index (κ2) is 13.8. The molecule has 1 heterocycles. The zero-order chi connectivity index (χ0) is 28.5. The van der Waals surface area contributed by atoms with E-state index < -0.39 is 18.0 Å². The summed E-state index contributed by atoms with van der Waals surface area (Å²) >= 11 is 0. The Hall–Kier alpha value is -3.63. The summed E-state index contributed by atoms with van der Waals surface area (Å²) in [6.07, 6.45) is -0.564. The average molecular weight is 531 g/mol. The van der Waals surface area contributed by atoms with E-state index in [0.29, 0.717) is 6.54 Å². The first kappa shape index (κ1) is 30.6. The Morgan fingerprint density at radius 1 is 0.947 bits per heavy atom. The van der Waals surface area contributed by atoms with Gasteiger partial charge in [-0.1, -0.05) is 20.8 Å². The van der Waals surface area contributed by atoms with Crippen LogP contribution in [0.4, 0.5) is 5.69 Å². The van der Waals surface area contributed by atoms with Crippen molar-refractivity contribution in [1.29, 1.82) is 0 Å². The van der Waals surface area contributed by atoms with E-state index >= 15 is 0 Å². The molecule has 10 heteroatoms. The first-order chi connectivity index (χ1) is 17.8. The Morgan fingerprint density at radius 2 is 1.53 bits per heavy atom. The van der Waals surface area contributed by atoms with E-state index in [4.69, 9.17) is 29.3 Å². The highest BCUT2D eigenvalue weighted by Gasteiger charge is 2.23. The van der Waals surface area contributed by atoms with Crippen molar-refractivity contribution in [2.75, 3.05) is 51.3 Å². The number of Topliss-reactive ketones (excluding diaryl/α,β-unsaturated/α-hetero) is 1. The van der Waals surface area contributed by atoms with Gasteiger partial charge in [-0.05, 0) is 54.8 Å². The van der Waals surface area contributed by atoms with E-state index in [1.807, 2.05) is 42.5 Å². The van der Waals surface area contributed by atoms with Gasteiger partial charge >= 0.3 is 11.9 Å². The number of carbonyl (C=O) groups is 3. The average Bonchev–Trinajstić information content (AvgIpc) is 2.87. The number of ether oxygens (including phenoxy) is 2. The van der Waals surface area contributed by atoms with Gasteiger partial charge in [0.15, 0.2) is 5.78 Å². The lowest BCUT2D eigenvalue weighted by Crippen LogP contribution is -2.49. The van der Waals surface area contributed by atoms with Crippen LogP contribution in [-0.2, 0) is 15.0 Å². The Morgan fingerprint density at radius 3 is 2.00 bits per heavy atom. The Kier molecular flexibility index (Phi) is 11.1. The van der Waals surface area contributed by atoms with Crippen LogP contribution in [-0.4, -0.2) is 90.5 Å². The molecule has 208 valence electrons. The van der Waals surface area contributed by atoms with Gasteiger partial charge in [-0.2, -0.15) is 0 Å². The van der Waals surface area contributed by atoms with Crippen LogP contribution in [0.5, 0.6) is 11.5 Å². The van der Waals surface area contributed by atoms with E-state index in [1.165, 1.54) is 0 Å². The molecule has 2 aromatic carbocycles. The monoisotopic (exact) mass is 530 g/mol. The SMILES string of the molecule is COc1ccc(OCC(O)CN2CCN(c3ccc(C(C)=O)cc3)CC2)c(C(C)(C)C)c1.O=C(O)C(=O)O. The highest BCUT2D eigenvalue weighted by molar-refractivity contribution is 6.27. The van der Waals surface area contributed by atoms with Crippen molar-refractivity contribution in [3.05, 3.63) is 53.6 Å². The zero-order valence-corrected chi connectivity index (χ0v) is 22.6. The van der Waals surface area contributed by atoms with E-state index in [-0.39, 0.29) is 17.8 Å².